The number of aryl methyl sites for hydroxylation is 1. The minimum absolute atomic E-state index is 0.0773. The molecule has 1 saturated heterocycles. The molecule has 0 radical (unpaired) electrons. The number of amides is 2. The summed E-state index contributed by atoms with van der Waals surface area (Å²) >= 11 is 0. The number of carbonyl (C=O) groups is 1. The standard InChI is InChI=1S/C18H24N4O2/c1-12-10-24-11-17(12)21-18(23)20-16-6-4-15(5-7-16)13(2)22-9-8-19-14(22)3/h4-9,12-13,17H,10-11H2,1-3H3,(H2,20,21,23)/t12-,13+,17-/m1/s1. The van der Waals surface area contributed by atoms with E-state index in [9.17, 15) is 4.79 Å². The number of imidazole rings is 1. The quantitative estimate of drug-likeness (QED) is 0.907. The second-order valence-corrected chi connectivity index (χ2v) is 6.40. The van der Waals surface area contributed by atoms with E-state index in [1.165, 1.54) is 5.56 Å². The van der Waals surface area contributed by atoms with Gasteiger partial charge in [0.2, 0.25) is 0 Å². The fraction of sp³-hybridized carbons (Fsp3) is 0.444. The van der Waals surface area contributed by atoms with Gasteiger partial charge >= 0.3 is 6.03 Å². The molecule has 24 heavy (non-hydrogen) atoms. The van der Waals surface area contributed by atoms with Gasteiger partial charge in [0.1, 0.15) is 5.82 Å². The van der Waals surface area contributed by atoms with Gasteiger partial charge in [-0.25, -0.2) is 9.78 Å². The molecular weight excluding hydrogens is 304 g/mol. The van der Waals surface area contributed by atoms with Crippen LogP contribution in [0.1, 0.15) is 31.3 Å². The van der Waals surface area contributed by atoms with Crippen molar-refractivity contribution < 1.29 is 9.53 Å². The van der Waals surface area contributed by atoms with E-state index in [1.807, 2.05) is 37.4 Å². The van der Waals surface area contributed by atoms with Crippen LogP contribution < -0.4 is 10.6 Å². The van der Waals surface area contributed by atoms with Gasteiger partial charge in [0, 0.05) is 24.0 Å². The summed E-state index contributed by atoms with van der Waals surface area (Å²) in [5.41, 5.74) is 1.94. The second-order valence-electron chi connectivity index (χ2n) is 6.40. The van der Waals surface area contributed by atoms with Crippen LogP contribution in [0.15, 0.2) is 36.7 Å². The van der Waals surface area contributed by atoms with Crippen molar-refractivity contribution in [3.8, 4) is 0 Å². The summed E-state index contributed by atoms with van der Waals surface area (Å²) in [7, 11) is 0. The highest BCUT2D eigenvalue weighted by atomic mass is 16.5. The first-order chi connectivity index (χ1) is 11.5. The summed E-state index contributed by atoms with van der Waals surface area (Å²) in [4.78, 5) is 16.3. The molecule has 1 aromatic heterocycles. The molecule has 6 nitrogen and oxygen atoms in total. The highest BCUT2D eigenvalue weighted by Gasteiger charge is 2.25. The topological polar surface area (TPSA) is 68.2 Å². The van der Waals surface area contributed by atoms with E-state index >= 15 is 0 Å². The molecule has 0 unspecified atom stereocenters. The highest BCUT2D eigenvalue weighted by molar-refractivity contribution is 5.89. The molecule has 2 heterocycles. The van der Waals surface area contributed by atoms with Gasteiger partial charge in [-0.3, -0.25) is 0 Å². The summed E-state index contributed by atoms with van der Waals surface area (Å²) in [5, 5.41) is 5.83. The molecule has 0 saturated carbocycles. The molecule has 2 aromatic rings. The minimum Gasteiger partial charge on any atom is -0.379 e. The summed E-state index contributed by atoms with van der Waals surface area (Å²) < 4.78 is 7.48. The molecule has 1 aromatic carbocycles. The van der Waals surface area contributed by atoms with Crippen LogP contribution in [0.2, 0.25) is 0 Å². The first-order valence-electron chi connectivity index (χ1n) is 8.29. The Hall–Kier alpha value is -2.34. The first kappa shape index (κ1) is 16.5. The Labute approximate surface area is 142 Å². The van der Waals surface area contributed by atoms with E-state index in [0.29, 0.717) is 19.1 Å². The van der Waals surface area contributed by atoms with Crippen LogP contribution in [-0.4, -0.2) is 34.8 Å². The fourth-order valence-electron chi connectivity index (χ4n) is 2.98. The van der Waals surface area contributed by atoms with Crippen molar-refractivity contribution in [3.05, 3.63) is 48.0 Å². The number of urea groups is 1. The number of nitrogens with zero attached hydrogens (tertiary/aromatic N) is 2. The monoisotopic (exact) mass is 328 g/mol. The average molecular weight is 328 g/mol. The lowest BCUT2D eigenvalue weighted by Crippen LogP contribution is -2.41. The molecular formula is C18H24N4O2. The van der Waals surface area contributed by atoms with Crippen molar-refractivity contribution in [1.82, 2.24) is 14.9 Å². The minimum atomic E-state index is -0.191. The largest absolute Gasteiger partial charge is 0.379 e. The van der Waals surface area contributed by atoms with Crippen molar-refractivity contribution in [2.24, 2.45) is 5.92 Å². The van der Waals surface area contributed by atoms with E-state index in [0.717, 1.165) is 11.5 Å². The van der Waals surface area contributed by atoms with Gasteiger partial charge in [-0.15, -0.1) is 0 Å². The maximum atomic E-state index is 12.1. The number of aromatic nitrogens is 2. The van der Waals surface area contributed by atoms with Crippen LogP contribution in [-0.2, 0) is 4.74 Å². The Bertz CT molecular complexity index is 695. The average Bonchev–Trinajstić information content (AvgIpc) is 3.16. The van der Waals surface area contributed by atoms with Gasteiger partial charge in [0.05, 0.1) is 25.3 Å². The number of anilines is 1. The Balaban J connectivity index is 1.60. The van der Waals surface area contributed by atoms with Crippen LogP contribution in [0.4, 0.5) is 10.5 Å². The van der Waals surface area contributed by atoms with Crippen LogP contribution >= 0.6 is 0 Å². The molecule has 1 aliphatic rings. The number of nitrogens with one attached hydrogen (secondary N) is 2. The van der Waals surface area contributed by atoms with Crippen molar-refractivity contribution in [1.29, 1.82) is 0 Å². The lowest BCUT2D eigenvalue weighted by molar-refractivity contribution is 0.184. The number of ether oxygens (including phenoxy) is 1. The molecule has 0 bridgehead atoms. The van der Waals surface area contributed by atoms with Crippen molar-refractivity contribution in [2.75, 3.05) is 18.5 Å². The van der Waals surface area contributed by atoms with Crippen LogP contribution in [0.25, 0.3) is 0 Å². The maximum Gasteiger partial charge on any atom is 0.319 e. The van der Waals surface area contributed by atoms with E-state index in [4.69, 9.17) is 4.74 Å². The molecule has 1 aliphatic heterocycles. The van der Waals surface area contributed by atoms with E-state index < -0.39 is 0 Å². The van der Waals surface area contributed by atoms with Crippen LogP contribution in [0.5, 0.6) is 0 Å². The molecule has 128 valence electrons. The Morgan fingerprint density at radius 1 is 1.33 bits per heavy atom. The van der Waals surface area contributed by atoms with Gasteiger partial charge in [0.25, 0.3) is 0 Å². The number of rotatable bonds is 4. The smallest absolute Gasteiger partial charge is 0.319 e. The van der Waals surface area contributed by atoms with E-state index in [-0.39, 0.29) is 18.1 Å². The summed E-state index contributed by atoms with van der Waals surface area (Å²) in [6, 6.07) is 7.99. The fourth-order valence-corrected chi connectivity index (χ4v) is 2.98. The molecule has 2 N–H and O–H groups in total. The van der Waals surface area contributed by atoms with Gasteiger partial charge < -0.3 is 19.9 Å². The number of carbonyl (C=O) groups excluding carboxylic acids is 1. The van der Waals surface area contributed by atoms with Crippen molar-refractivity contribution in [2.45, 2.75) is 32.9 Å². The molecule has 1 fully saturated rings. The maximum absolute atomic E-state index is 12.1. The predicted molar refractivity (Wildman–Crippen MR) is 93.1 cm³/mol. The lowest BCUT2D eigenvalue weighted by Gasteiger charge is -2.17. The molecule has 0 spiro atoms. The first-order valence-corrected chi connectivity index (χ1v) is 8.29. The van der Waals surface area contributed by atoms with Gasteiger partial charge in [-0.1, -0.05) is 19.1 Å². The van der Waals surface area contributed by atoms with Crippen LogP contribution in [0.3, 0.4) is 0 Å². The summed E-state index contributed by atoms with van der Waals surface area (Å²) in [6.45, 7) is 7.47. The van der Waals surface area contributed by atoms with Crippen molar-refractivity contribution >= 4 is 11.7 Å². The third kappa shape index (κ3) is 3.59. The zero-order valence-corrected chi connectivity index (χ0v) is 14.3. The van der Waals surface area contributed by atoms with E-state index in [1.54, 1.807) is 6.20 Å². The van der Waals surface area contributed by atoms with Gasteiger partial charge in [-0.2, -0.15) is 0 Å². The predicted octanol–water partition coefficient (Wildman–Crippen LogP) is 2.96. The molecule has 2 amide bonds. The normalized spacial score (nSPS) is 21.5. The van der Waals surface area contributed by atoms with E-state index in [2.05, 4.69) is 34.0 Å². The number of hydrogen-bond donors (Lipinski definition) is 2. The molecule has 0 aliphatic carbocycles. The Morgan fingerprint density at radius 2 is 2.08 bits per heavy atom. The summed E-state index contributed by atoms with van der Waals surface area (Å²) in [6.07, 6.45) is 3.78. The second kappa shape index (κ2) is 7.05. The molecule has 3 rings (SSSR count). The Morgan fingerprint density at radius 3 is 2.67 bits per heavy atom. The number of benzene rings is 1. The van der Waals surface area contributed by atoms with Crippen molar-refractivity contribution in [3.63, 3.8) is 0 Å². The molecule has 6 heteroatoms. The zero-order chi connectivity index (χ0) is 17.1. The Kier molecular flexibility index (Phi) is 4.85. The highest BCUT2D eigenvalue weighted by Crippen LogP contribution is 2.21. The van der Waals surface area contributed by atoms with Crippen LogP contribution in [0, 0.1) is 12.8 Å². The third-order valence-corrected chi connectivity index (χ3v) is 4.61. The SMILES string of the molecule is Cc1nccn1[C@@H](C)c1ccc(NC(=O)N[C@@H]2COC[C@H]2C)cc1. The van der Waals surface area contributed by atoms with Gasteiger partial charge in [-0.05, 0) is 31.5 Å². The third-order valence-electron chi connectivity index (χ3n) is 4.61. The number of hydrogen-bond acceptors (Lipinski definition) is 3. The molecule has 3 atom stereocenters. The summed E-state index contributed by atoms with van der Waals surface area (Å²) in [5.74, 6) is 1.33. The lowest BCUT2D eigenvalue weighted by atomic mass is 10.1. The zero-order valence-electron chi connectivity index (χ0n) is 14.3. The van der Waals surface area contributed by atoms with Gasteiger partial charge in [0.15, 0.2) is 0 Å².